The summed E-state index contributed by atoms with van der Waals surface area (Å²) >= 11 is 0. The van der Waals surface area contributed by atoms with Gasteiger partial charge >= 0.3 is 11.9 Å². The summed E-state index contributed by atoms with van der Waals surface area (Å²) in [7, 11) is 0. The highest BCUT2D eigenvalue weighted by Gasteiger charge is 2.16. The first-order valence-electron chi connectivity index (χ1n) is 29.4. The largest absolute Gasteiger partial charge is 0.462 e. The van der Waals surface area contributed by atoms with Crippen LogP contribution in [0.2, 0.25) is 0 Å². The van der Waals surface area contributed by atoms with Gasteiger partial charge in [-0.15, -0.1) is 0 Å². The van der Waals surface area contributed by atoms with Crippen LogP contribution in [0.3, 0.4) is 0 Å². The third-order valence-corrected chi connectivity index (χ3v) is 12.1. The summed E-state index contributed by atoms with van der Waals surface area (Å²) in [5.74, 6) is -0.668. The average Bonchev–Trinajstić information content (AvgIpc) is 3.38. The highest BCUT2D eigenvalue weighted by Crippen LogP contribution is 2.15. The van der Waals surface area contributed by atoms with E-state index in [1.165, 1.54) is 116 Å². The Kier molecular flexibility index (Phi) is 57.5. The molecule has 0 heterocycles. The lowest BCUT2D eigenvalue weighted by molar-refractivity contribution is -0.161. The molecule has 0 saturated carbocycles. The van der Waals surface area contributed by atoms with E-state index in [-0.39, 0.29) is 31.6 Å². The summed E-state index contributed by atoms with van der Waals surface area (Å²) in [6.45, 7) is 3.97. The molecule has 0 aromatic rings. The first-order chi connectivity index (χ1) is 35.6. The van der Waals surface area contributed by atoms with Crippen molar-refractivity contribution in [3.8, 4) is 0 Å². The van der Waals surface area contributed by atoms with Gasteiger partial charge in [0.15, 0.2) is 6.10 Å². The third-order valence-electron chi connectivity index (χ3n) is 12.1. The maximum absolute atomic E-state index is 12.3. The number of allylic oxidation sites excluding steroid dienone is 24. The Bertz CT molecular complexity index is 1540. The zero-order valence-electron chi connectivity index (χ0n) is 46.4. The molecule has 0 aliphatic heterocycles. The van der Waals surface area contributed by atoms with Gasteiger partial charge in [-0.1, -0.05) is 262 Å². The van der Waals surface area contributed by atoms with Crippen LogP contribution in [-0.4, -0.2) is 36.4 Å². The standard InChI is InChI=1S/C67H108O5/c1-3-5-7-9-11-13-15-17-19-21-23-25-27-29-31-33-35-37-39-41-43-45-47-49-51-53-55-57-59-61-66(69)71-64-65(63-68)72-67(70)62-60-58-56-54-52-50-48-46-44-42-40-38-36-34-32-30-28-26-24-22-20-18-16-14-12-10-8-6-4-2/h6,8,12,14-15,17-18,20-21,23-24,26-27,29-30,32,36,38,42,44,48,50,54,56,65,68H,3-5,7,9-11,13,16,19,22,25,28,31,33-35,37,39-41,43,45-47,49,51-53,55,57-64H2,1-2H3/b8-6-,14-12-,17-15-,20-18-,23-21-,26-24-,29-27-,32-30-,38-36-,44-42-,50-48-,56-54-. The SMILES string of the molecule is CC/C=C\C/C=C\C/C=C\C/C=C\C/C=C\C/C=C\C/C=C\C/C=C\C/C=C\CCCC(=O)OC(CO)COC(=O)CCCCCCCCCCCCCCCC/C=C\C/C=C\C/C=C\CCCCCCC. The Morgan fingerprint density at radius 2 is 0.611 bits per heavy atom. The molecule has 0 aliphatic carbocycles. The van der Waals surface area contributed by atoms with E-state index in [0.717, 1.165) is 96.3 Å². The summed E-state index contributed by atoms with van der Waals surface area (Å²) < 4.78 is 10.7. The first kappa shape index (κ1) is 67.8. The van der Waals surface area contributed by atoms with Crippen LogP contribution >= 0.6 is 0 Å². The van der Waals surface area contributed by atoms with Gasteiger partial charge in [-0.05, 0) is 116 Å². The van der Waals surface area contributed by atoms with Gasteiger partial charge in [-0.3, -0.25) is 9.59 Å². The van der Waals surface area contributed by atoms with E-state index < -0.39 is 6.10 Å². The van der Waals surface area contributed by atoms with Gasteiger partial charge in [0, 0.05) is 12.8 Å². The molecule has 0 radical (unpaired) electrons. The van der Waals surface area contributed by atoms with Crippen molar-refractivity contribution in [3.05, 3.63) is 146 Å². The van der Waals surface area contributed by atoms with Crippen LogP contribution in [0.15, 0.2) is 146 Å². The number of aliphatic hydroxyl groups is 1. The molecule has 0 amide bonds. The molecular weight excluding hydrogens is 885 g/mol. The summed E-state index contributed by atoms with van der Waals surface area (Å²) in [4.78, 5) is 24.5. The van der Waals surface area contributed by atoms with E-state index in [0.29, 0.717) is 12.8 Å². The second-order valence-electron chi connectivity index (χ2n) is 19.0. The predicted octanol–water partition coefficient (Wildman–Crippen LogP) is 20.2. The molecule has 406 valence electrons. The van der Waals surface area contributed by atoms with E-state index in [9.17, 15) is 14.7 Å². The molecule has 0 aromatic heterocycles. The third kappa shape index (κ3) is 58.4. The van der Waals surface area contributed by atoms with Gasteiger partial charge in [-0.2, -0.15) is 0 Å². The first-order valence-corrected chi connectivity index (χ1v) is 29.4. The molecule has 0 spiro atoms. The van der Waals surface area contributed by atoms with Gasteiger partial charge in [0.2, 0.25) is 0 Å². The van der Waals surface area contributed by atoms with Gasteiger partial charge in [0.25, 0.3) is 0 Å². The van der Waals surface area contributed by atoms with E-state index in [1.54, 1.807) is 0 Å². The number of rotatable bonds is 52. The zero-order valence-corrected chi connectivity index (χ0v) is 46.4. The molecule has 0 aliphatic rings. The normalized spacial score (nSPS) is 13.3. The van der Waals surface area contributed by atoms with Crippen LogP contribution < -0.4 is 0 Å². The van der Waals surface area contributed by atoms with E-state index in [1.807, 2.05) is 0 Å². The minimum Gasteiger partial charge on any atom is -0.462 e. The van der Waals surface area contributed by atoms with E-state index >= 15 is 0 Å². The maximum atomic E-state index is 12.3. The van der Waals surface area contributed by atoms with Crippen molar-refractivity contribution in [2.75, 3.05) is 13.2 Å². The highest BCUT2D eigenvalue weighted by atomic mass is 16.6. The molecule has 0 bridgehead atoms. The van der Waals surface area contributed by atoms with Crippen LogP contribution in [-0.2, 0) is 19.1 Å². The van der Waals surface area contributed by atoms with Crippen molar-refractivity contribution in [3.63, 3.8) is 0 Å². The Morgan fingerprint density at radius 3 is 0.944 bits per heavy atom. The van der Waals surface area contributed by atoms with Gasteiger partial charge in [0.1, 0.15) is 6.61 Å². The number of hydrogen-bond acceptors (Lipinski definition) is 5. The van der Waals surface area contributed by atoms with Gasteiger partial charge in [-0.25, -0.2) is 0 Å². The topological polar surface area (TPSA) is 72.8 Å². The predicted molar refractivity (Wildman–Crippen MR) is 315 cm³/mol. The van der Waals surface area contributed by atoms with Crippen LogP contribution in [0.4, 0.5) is 0 Å². The summed E-state index contributed by atoms with van der Waals surface area (Å²) in [5.41, 5.74) is 0. The minimum atomic E-state index is -0.815. The molecule has 5 nitrogen and oxygen atoms in total. The average molecular weight is 994 g/mol. The number of esters is 2. The summed E-state index contributed by atoms with van der Waals surface area (Å²) in [6.07, 6.45) is 92.5. The summed E-state index contributed by atoms with van der Waals surface area (Å²) in [6, 6.07) is 0. The maximum Gasteiger partial charge on any atom is 0.306 e. The number of unbranched alkanes of at least 4 members (excludes halogenated alkanes) is 20. The summed E-state index contributed by atoms with van der Waals surface area (Å²) in [5, 5.41) is 9.65. The monoisotopic (exact) mass is 993 g/mol. The molecule has 1 unspecified atom stereocenters. The Morgan fingerprint density at radius 1 is 0.333 bits per heavy atom. The number of carbonyl (C=O) groups excluding carboxylic acids is 2. The second kappa shape index (κ2) is 61.1. The quantitative estimate of drug-likeness (QED) is 0.0373. The number of hydrogen-bond donors (Lipinski definition) is 1. The lowest BCUT2D eigenvalue weighted by Crippen LogP contribution is -2.28. The smallest absolute Gasteiger partial charge is 0.306 e. The zero-order chi connectivity index (χ0) is 52.0. The van der Waals surface area contributed by atoms with Crippen molar-refractivity contribution in [2.45, 2.75) is 251 Å². The Labute approximate surface area is 444 Å². The number of aliphatic hydroxyl groups excluding tert-OH is 1. The number of carbonyl (C=O) groups is 2. The van der Waals surface area contributed by atoms with E-state index in [4.69, 9.17) is 9.47 Å². The Hall–Kier alpha value is -4.22. The lowest BCUT2D eigenvalue weighted by Gasteiger charge is -2.15. The van der Waals surface area contributed by atoms with Crippen molar-refractivity contribution in [1.82, 2.24) is 0 Å². The van der Waals surface area contributed by atoms with Crippen molar-refractivity contribution in [2.24, 2.45) is 0 Å². The van der Waals surface area contributed by atoms with Gasteiger partial charge < -0.3 is 14.6 Å². The molecule has 0 rings (SSSR count). The van der Waals surface area contributed by atoms with Crippen molar-refractivity contribution < 1.29 is 24.2 Å². The molecule has 0 aromatic carbocycles. The fourth-order valence-electron chi connectivity index (χ4n) is 7.74. The van der Waals surface area contributed by atoms with Crippen LogP contribution in [0, 0.1) is 0 Å². The second-order valence-corrected chi connectivity index (χ2v) is 19.0. The van der Waals surface area contributed by atoms with E-state index in [2.05, 4.69) is 160 Å². The van der Waals surface area contributed by atoms with Crippen molar-refractivity contribution >= 4 is 11.9 Å². The number of ether oxygens (including phenoxy) is 2. The van der Waals surface area contributed by atoms with Crippen LogP contribution in [0.1, 0.15) is 245 Å². The minimum absolute atomic E-state index is 0.0983. The van der Waals surface area contributed by atoms with Gasteiger partial charge in [0.05, 0.1) is 6.61 Å². The fraction of sp³-hybridized carbons (Fsp3) is 0.612. The molecular formula is C67H108O5. The molecule has 1 atom stereocenters. The molecule has 0 saturated heterocycles. The molecule has 5 heteroatoms. The highest BCUT2D eigenvalue weighted by molar-refractivity contribution is 5.70. The van der Waals surface area contributed by atoms with Crippen LogP contribution in [0.5, 0.6) is 0 Å². The lowest BCUT2D eigenvalue weighted by atomic mass is 10.0. The van der Waals surface area contributed by atoms with Crippen molar-refractivity contribution in [1.29, 1.82) is 0 Å². The molecule has 0 fully saturated rings. The Balaban J connectivity index is 3.64. The molecule has 72 heavy (non-hydrogen) atoms. The fourth-order valence-corrected chi connectivity index (χ4v) is 7.74. The molecule has 1 N–H and O–H groups in total. The van der Waals surface area contributed by atoms with Crippen LogP contribution in [0.25, 0.3) is 0 Å².